The first kappa shape index (κ1) is 13.3. The van der Waals surface area contributed by atoms with Gasteiger partial charge in [0.15, 0.2) is 0 Å². The number of carbonyl (C=O) groups is 1. The molecule has 1 amide bonds. The molecule has 1 aromatic carbocycles. The lowest BCUT2D eigenvalue weighted by molar-refractivity contribution is -0.117. The molecule has 1 aromatic heterocycles. The Labute approximate surface area is 114 Å². The van der Waals surface area contributed by atoms with Crippen molar-refractivity contribution in [2.75, 3.05) is 5.32 Å². The van der Waals surface area contributed by atoms with E-state index in [1.807, 2.05) is 13.0 Å². The second-order valence-corrected chi connectivity index (χ2v) is 4.46. The number of anilines is 1. The van der Waals surface area contributed by atoms with Crippen LogP contribution in [0.5, 0.6) is 0 Å². The third-order valence-electron chi connectivity index (χ3n) is 2.55. The van der Waals surface area contributed by atoms with Gasteiger partial charge in [0.05, 0.1) is 0 Å². The molecule has 0 aliphatic heterocycles. The Morgan fingerprint density at radius 3 is 2.95 bits per heavy atom. The summed E-state index contributed by atoms with van der Waals surface area (Å²) in [6.07, 6.45) is 1.46. The van der Waals surface area contributed by atoms with E-state index in [0.29, 0.717) is 10.7 Å². The van der Waals surface area contributed by atoms with Gasteiger partial charge in [-0.2, -0.15) is 5.10 Å². The minimum absolute atomic E-state index is 0.133. The molecule has 0 saturated heterocycles. The van der Waals surface area contributed by atoms with Crippen LogP contribution >= 0.6 is 11.6 Å². The maximum Gasteiger partial charge on any atom is 0.267 e. The summed E-state index contributed by atoms with van der Waals surface area (Å²) in [5, 5.41) is 7.06. The molecule has 0 aliphatic carbocycles. The Morgan fingerprint density at radius 2 is 2.21 bits per heavy atom. The van der Waals surface area contributed by atoms with E-state index in [1.54, 1.807) is 12.1 Å². The Balaban J connectivity index is 2.12. The Morgan fingerprint density at radius 1 is 1.42 bits per heavy atom. The second-order valence-electron chi connectivity index (χ2n) is 4.03. The molecule has 0 unspecified atom stereocenters. The number of halogens is 1. The van der Waals surface area contributed by atoms with Crippen LogP contribution in [0.25, 0.3) is 0 Å². The summed E-state index contributed by atoms with van der Waals surface area (Å²) in [6, 6.07) is 8.10. The Kier molecular flexibility index (Phi) is 3.97. The fraction of sp³-hybridized carbons (Fsp3) is 0.154. The van der Waals surface area contributed by atoms with Gasteiger partial charge in [-0.25, -0.2) is 4.68 Å². The van der Waals surface area contributed by atoms with Crippen molar-refractivity contribution < 1.29 is 4.79 Å². The van der Waals surface area contributed by atoms with Crippen molar-refractivity contribution >= 4 is 23.2 Å². The number of amides is 1. The molecular formula is C13H12ClN3O2. The van der Waals surface area contributed by atoms with Crippen molar-refractivity contribution in [3.8, 4) is 0 Å². The zero-order valence-corrected chi connectivity index (χ0v) is 11.0. The molecule has 1 N–H and O–H groups in total. The van der Waals surface area contributed by atoms with Gasteiger partial charge in [-0.3, -0.25) is 9.59 Å². The molecule has 0 saturated carbocycles. The predicted molar refractivity (Wildman–Crippen MR) is 73.3 cm³/mol. The van der Waals surface area contributed by atoms with Gasteiger partial charge in [0.2, 0.25) is 5.91 Å². The fourth-order valence-electron chi connectivity index (χ4n) is 1.56. The van der Waals surface area contributed by atoms with Crippen LogP contribution in [0.3, 0.4) is 0 Å². The minimum atomic E-state index is -0.328. The van der Waals surface area contributed by atoms with Crippen molar-refractivity contribution in [1.82, 2.24) is 9.78 Å². The highest BCUT2D eigenvalue weighted by molar-refractivity contribution is 6.31. The third kappa shape index (κ3) is 3.42. The van der Waals surface area contributed by atoms with E-state index in [1.165, 1.54) is 18.3 Å². The second kappa shape index (κ2) is 5.67. The van der Waals surface area contributed by atoms with Crippen LogP contribution in [0.15, 0.2) is 41.3 Å². The zero-order chi connectivity index (χ0) is 13.8. The number of hydrogen-bond acceptors (Lipinski definition) is 3. The summed E-state index contributed by atoms with van der Waals surface area (Å²) in [5.74, 6) is -0.328. The van der Waals surface area contributed by atoms with Gasteiger partial charge in [0.25, 0.3) is 5.56 Å². The predicted octanol–water partition coefficient (Wildman–Crippen LogP) is 1.84. The summed E-state index contributed by atoms with van der Waals surface area (Å²) in [6.45, 7) is 1.73. The molecular weight excluding hydrogens is 266 g/mol. The van der Waals surface area contributed by atoms with Crippen LogP contribution in [0.2, 0.25) is 5.02 Å². The highest BCUT2D eigenvalue weighted by Crippen LogP contribution is 2.19. The first-order valence-corrected chi connectivity index (χ1v) is 6.02. The monoisotopic (exact) mass is 277 g/mol. The van der Waals surface area contributed by atoms with Gasteiger partial charge in [-0.1, -0.05) is 17.7 Å². The van der Waals surface area contributed by atoms with Crippen LogP contribution in [-0.4, -0.2) is 15.7 Å². The molecule has 0 bridgehead atoms. The van der Waals surface area contributed by atoms with Gasteiger partial charge in [0.1, 0.15) is 6.54 Å². The van der Waals surface area contributed by atoms with Gasteiger partial charge in [-0.05, 0) is 30.7 Å². The number of aryl methyl sites for hydroxylation is 1. The number of rotatable bonds is 3. The number of nitrogens with one attached hydrogen (secondary N) is 1. The first-order chi connectivity index (χ1) is 9.06. The number of carbonyl (C=O) groups excluding carboxylic acids is 1. The SMILES string of the molecule is Cc1ccc(Cl)cc1NC(=O)Cn1ncccc1=O. The molecule has 0 spiro atoms. The molecule has 0 atom stereocenters. The zero-order valence-electron chi connectivity index (χ0n) is 10.3. The summed E-state index contributed by atoms with van der Waals surface area (Å²) >= 11 is 5.87. The topological polar surface area (TPSA) is 64.0 Å². The minimum Gasteiger partial charge on any atom is -0.324 e. The number of benzene rings is 1. The van der Waals surface area contributed by atoms with Crippen LogP contribution in [0.4, 0.5) is 5.69 Å². The lowest BCUT2D eigenvalue weighted by Gasteiger charge is -2.09. The molecule has 5 nitrogen and oxygen atoms in total. The summed E-state index contributed by atoms with van der Waals surface area (Å²) < 4.78 is 1.09. The summed E-state index contributed by atoms with van der Waals surface area (Å²) in [7, 11) is 0. The van der Waals surface area contributed by atoms with E-state index < -0.39 is 0 Å². The average Bonchev–Trinajstić information content (AvgIpc) is 2.37. The van der Waals surface area contributed by atoms with E-state index in [2.05, 4.69) is 10.4 Å². The van der Waals surface area contributed by atoms with Gasteiger partial charge in [-0.15, -0.1) is 0 Å². The third-order valence-corrected chi connectivity index (χ3v) is 2.79. The molecule has 0 fully saturated rings. The highest BCUT2D eigenvalue weighted by Gasteiger charge is 2.07. The highest BCUT2D eigenvalue weighted by atomic mass is 35.5. The van der Waals surface area contributed by atoms with E-state index in [0.717, 1.165) is 10.2 Å². The van der Waals surface area contributed by atoms with Crippen LogP contribution in [-0.2, 0) is 11.3 Å². The van der Waals surface area contributed by atoms with Crippen molar-refractivity contribution in [3.63, 3.8) is 0 Å². The summed E-state index contributed by atoms with van der Waals surface area (Å²) in [4.78, 5) is 23.3. The van der Waals surface area contributed by atoms with E-state index in [4.69, 9.17) is 11.6 Å². The maximum atomic E-state index is 11.8. The Hall–Kier alpha value is -2.14. The van der Waals surface area contributed by atoms with Crippen LogP contribution in [0, 0.1) is 6.92 Å². The molecule has 2 aromatic rings. The molecule has 98 valence electrons. The van der Waals surface area contributed by atoms with E-state index in [-0.39, 0.29) is 18.0 Å². The number of aromatic nitrogens is 2. The molecule has 6 heteroatoms. The number of hydrogen-bond donors (Lipinski definition) is 1. The molecule has 19 heavy (non-hydrogen) atoms. The lowest BCUT2D eigenvalue weighted by Crippen LogP contribution is -2.28. The van der Waals surface area contributed by atoms with Crippen LogP contribution in [0.1, 0.15) is 5.56 Å². The summed E-state index contributed by atoms with van der Waals surface area (Å²) in [5.41, 5.74) is 1.20. The molecule has 0 radical (unpaired) electrons. The van der Waals surface area contributed by atoms with Gasteiger partial charge >= 0.3 is 0 Å². The normalized spacial score (nSPS) is 10.2. The van der Waals surface area contributed by atoms with Crippen molar-refractivity contribution in [2.45, 2.75) is 13.5 Å². The average molecular weight is 278 g/mol. The van der Waals surface area contributed by atoms with Crippen molar-refractivity contribution in [3.05, 3.63) is 57.5 Å². The molecule has 2 rings (SSSR count). The standard InChI is InChI=1S/C13H12ClN3O2/c1-9-4-5-10(14)7-11(9)16-12(18)8-17-13(19)3-2-6-15-17/h2-7H,8H2,1H3,(H,16,18). The van der Waals surface area contributed by atoms with E-state index in [9.17, 15) is 9.59 Å². The van der Waals surface area contributed by atoms with Gasteiger partial charge in [0, 0.05) is 23.0 Å². The smallest absolute Gasteiger partial charge is 0.267 e. The van der Waals surface area contributed by atoms with Gasteiger partial charge < -0.3 is 5.32 Å². The molecule has 1 heterocycles. The van der Waals surface area contributed by atoms with Crippen molar-refractivity contribution in [2.24, 2.45) is 0 Å². The van der Waals surface area contributed by atoms with Crippen molar-refractivity contribution in [1.29, 1.82) is 0 Å². The van der Waals surface area contributed by atoms with Crippen LogP contribution < -0.4 is 10.9 Å². The Bertz CT molecular complexity index is 667. The quantitative estimate of drug-likeness (QED) is 0.931. The number of nitrogens with zero attached hydrogens (tertiary/aromatic N) is 2. The van der Waals surface area contributed by atoms with E-state index >= 15 is 0 Å². The fourth-order valence-corrected chi connectivity index (χ4v) is 1.73. The maximum absolute atomic E-state index is 11.8. The largest absolute Gasteiger partial charge is 0.324 e. The lowest BCUT2D eigenvalue weighted by atomic mass is 10.2. The molecule has 0 aliphatic rings. The first-order valence-electron chi connectivity index (χ1n) is 5.64.